The van der Waals surface area contributed by atoms with Crippen molar-refractivity contribution in [3.8, 4) is 0 Å². The van der Waals surface area contributed by atoms with Crippen molar-refractivity contribution < 1.29 is 4.39 Å². The molecule has 0 aliphatic carbocycles. The van der Waals surface area contributed by atoms with Crippen LogP contribution in [0, 0.1) is 12.9 Å². The van der Waals surface area contributed by atoms with Crippen molar-refractivity contribution in [2.24, 2.45) is 0 Å². The van der Waals surface area contributed by atoms with Gasteiger partial charge in [0.25, 0.3) is 0 Å². The summed E-state index contributed by atoms with van der Waals surface area (Å²) < 4.78 is 12.8. The number of rotatable bonds is 5. The Morgan fingerprint density at radius 1 is 1.47 bits per heavy atom. The van der Waals surface area contributed by atoms with Gasteiger partial charge in [0.1, 0.15) is 0 Å². The number of aromatic nitrogens is 3. The van der Waals surface area contributed by atoms with Crippen molar-refractivity contribution in [2.45, 2.75) is 19.8 Å². The number of aromatic amines is 1. The lowest BCUT2D eigenvalue weighted by Gasteiger charge is -2.05. The van der Waals surface area contributed by atoms with Crippen LogP contribution in [-0.2, 0) is 6.42 Å². The Balaban J connectivity index is 1.75. The van der Waals surface area contributed by atoms with Gasteiger partial charge in [-0.3, -0.25) is 5.10 Å². The third kappa shape index (κ3) is 3.27. The summed E-state index contributed by atoms with van der Waals surface area (Å²) in [6.07, 6.45) is 5.24. The highest BCUT2D eigenvalue weighted by Crippen LogP contribution is 2.08. The van der Waals surface area contributed by atoms with E-state index in [4.69, 9.17) is 0 Å². The number of nitrogens with one attached hydrogen (secondary N) is 2. The van der Waals surface area contributed by atoms with Crippen LogP contribution in [0.2, 0.25) is 0 Å². The van der Waals surface area contributed by atoms with Crippen molar-refractivity contribution >= 4 is 5.69 Å². The molecule has 4 nitrogen and oxygen atoms in total. The maximum atomic E-state index is 12.8. The zero-order valence-electron chi connectivity index (χ0n) is 9.70. The van der Waals surface area contributed by atoms with E-state index >= 15 is 0 Å². The van der Waals surface area contributed by atoms with Crippen LogP contribution in [0.5, 0.6) is 0 Å². The first-order valence-electron chi connectivity index (χ1n) is 5.60. The zero-order chi connectivity index (χ0) is 12.1. The van der Waals surface area contributed by atoms with Gasteiger partial charge in [0.2, 0.25) is 5.95 Å². The van der Waals surface area contributed by atoms with Gasteiger partial charge in [0.15, 0.2) is 0 Å². The van der Waals surface area contributed by atoms with E-state index in [1.54, 1.807) is 6.07 Å². The van der Waals surface area contributed by atoms with Crippen LogP contribution in [0.1, 0.15) is 17.7 Å². The maximum absolute atomic E-state index is 12.8. The first-order chi connectivity index (χ1) is 8.25. The van der Waals surface area contributed by atoms with Gasteiger partial charge in [-0.25, -0.2) is 4.98 Å². The Labute approximate surface area is 99.3 Å². The lowest BCUT2D eigenvalue weighted by Crippen LogP contribution is -2.03. The summed E-state index contributed by atoms with van der Waals surface area (Å²) in [6, 6.07) is 3.15. The fourth-order valence-corrected chi connectivity index (χ4v) is 1.65. The summed E-state index contributed by atoms with van der Waals surface area (Å²) in [6.45, 7) is 2.81. The van der Waals surface area contributed by atoms with E-state index in [2.05, 4.69) is 20.5 Å². The Hall–Kier alpha value is -1.91. The van der Waals surface area contributed by atoms with Crippen molar-refractivity contribution in [1.29, 1.82) is 0 Å². The summed E-state index contributed by atoms with van der Waals surface area (Å²) in [5.41, 5.74) is 3.11. The van der Waals surface area contributed by atoms with Crippen LogP contribution < -0.4 is 5.32 Å². The van der Waals surface area contributed by atoms with Crippen LogP contribution in [0.4, 0.5) is 10.1 Å². The van der Waals surface area contributed by atoms with E-state index < -0.39 is 5.95 Å². The number of nitrogens with zero attached hydrogens (tertiary/aromatic N) is 2. The van der Waals surface area contributed by atoms with Crippen molar-refractivity contribution in [3.05, 3.63) is 41.7 Å². The van der Waals surface area contributed by atoms with Crippen molar-refractivity contribution in [2.75, 3.05) is 11.9 Å². The second-order valence-corrected chi connectivity index (χ2v) is 3.92. The van der Waals surface area contributed by atoms with Crippen LogP contribution >= 0.6 is 0 Å². The highest BCUT2D eigenvalue weighted by atomic mass is 19.1. The normalized spacial score (nSPS) is 10.5. The topological polar surface area (TPSA) is 53.6 Å². The Bertz CT molecular complexity index is 481. The Morgan fingerprint density at radius 2 is 2.35 bits per heavy atom. The van der Waals surface area contributed by atoms with E-state index in [0.29, 0.717) is 0 Å². The van der Waals surface area contributed by atoms with E-state index in [-0.39, 0.29) is 0 Å². The molecule has 0 fully saturated rings. The number of H-pyrrole nitrogens is 1. The number of halogens is 1. The van der Waals surface area contributed by atoms with Crippen molar-refractivity contribution in [3.63, 3.8) is 0 Å². The lowest BCUT2D eigenvalue weighted by atomic mass is 10.1. The molecular formula is C12H15FN4. The van der Waals surface area contributed by atoms with Crippen LogP contribution in [0.3, 0.4) is 0 Å². The van der Waals surface area contributed by atoms with Gasteiger partial charge >= 0.3 is 0 Å². The van der Waals surface area contributed by atoms with Crippen molar-refractivity contribution in [1.82, 2.24) is 15.2 Å². The molecule has 17 heavy (non-hydrogen) atoms. The molecule has 0 aliphatic rings. The largest absolute Gasteiger partial charge is 0.385 e. The third-order valence-corrected chi connectivity index (χ3v) is 2.61. The van der Waals surface area contributed by atoms with E-state index in [1.807, 2.05) is 13.1 Å². The number of hydrogen-bond donors (Lipinski definition) is 2. The summed E-state index contributed by atoms with van der Waals surface area (Å²) >= 11 is 0. The molecule has 0 saturated carbocycles. The molecule has 0 atom stereocenters. The minimum atomic E-state index is -0.458. The first-order valence-corrected chi connectivity index (χ1v) is 5.60. The summed E-state index contributed by atoms with van der Waals surface area (Å²) in [4.78, 5) is 3.50. The highest BCUT2D eigenvalue weighted by molar-refractivity contribution is 5.40. The second kappa shape index (κ2) is 5.43. The predicted octanol–water partition coefficient (Wildman–Crippen LogP) is 2.30. The molecule has 2 aromatic heterocycles. The van der Waals surface area contributed by atoms with E-state index in [1.165, 1.54) is 17.8 Å². The SMILES string of the molecule is Cc1[nH]ncc1CCCNc1ccnc(F)c1. The number of anilines is 1. The fraction of sp³-hybridized carbons (Fsp3) is 0.333. The molecule has 0 unspecified atom stereocenters. The fourth-order valence-electron chi connectivity index (χ4n) is 1.65. The number of pyridine rings is 1. The number of aryl methyl sites for hydroxylation is 2. The van der Waals surface area contributed by atoms with Crippen LogP contribution in [0.15, 0.2) is 24.5 Å². The van der Waals surface area contributed by atoms with Crippen LogP contribution in [-0.4, -0.2) is 21.7 Å². The molecule has 0 aromatic carbocycles. The van der Waals surface area contributed by atoms with Gasteiger partial charge in [0.05, 0.1) is 6.20 Å². The quantitative estimate of drug-likeness (QED) is 0.616. The molecule has 5 heteroatoms. The van der Waals surface area contributed by atoms with Gasteiger partial charge in [-0.2, -0.15) is 9.49 Å². The van der Waals surface area contributed by atoms with Gasteiger partial charge in [0, 0.05) is 30.2 Å². The predicted molar refractivity (Wildman–Crippen MR) is 64.3 cm³/mol. The summed E-state index contributed by atoms with van der Waals surface area (Å²) in [5, 5.41) is 10.0. The minimum Gasteiger partial charge on any atom is -0.385 e. The molecule has 0 radical (unpaired) electrons. The molecule has 2 aromatic rings. The molecule has 90 valence electrons. The van der Waals surface area contributed by atoms with Gasteiger partial charge in [-0.1, -0.05) is 0 Å². The van der Waals surface area contributed by atoms with Gasteiger partial charge < -0.3 is 5.32 Å². The van der Waals surface area contributed by atoms with Gasteiger partial charge in [-0.15, -0.1) is 0 Å². The smallest absolute Gasteiger partial charge is 0.214 e. The highest BCUT2D eigenvalue weighted by Gasteiger charge is 2.00. The molecule has 0 aliphatic heterocycles. The lowest BCUT2D eigenvalue weighted by molar-refractivity contribution is 0.584. The molecule has 2 N–H and O–H groups in total. The molecule has 0 bridgehead atoms. The Kier molecular flexibility index (Phi) is 3.69. The van der Waals surface area contributed by atoms with E-state index in [9.17, 15) is 4.39 Å². The first kappa shape index (κ1) is 11.6. The summed E-state index contributed by atoms with van der Waals surface area (Å²) in [5.74, 6) is -0.458. The van der Waals surface area contributed by atoms with Gasteiger partial charge in [-0.05, 0) is 31.4 Å². The second-order valence-electron chi connectivity index (χ2n) is 3.92. The molecule has 0 amide bonds. The molecule has 2 rings (SSSR count). The standard InChI is InChI=1S/C12H15FN4/c1-9-10(8-16-17-9)3-2-5-14-11-4-6-15-12(13)7-11/h4,6-8H,2-3,5H2,1H3,(H,14,15)(H,16,17). The Morgan fingerprint density at radius 3 is 3.06 bits per heavy atom. The number of hydrogen-bond acceptors (Lipinski definition) is 3. The van der Waals surface area contributed by atoms with E-state index in [0.717, 1.165) is 30.8 Å². The molecule has 0 spiro atoms. The minimum absolute atomic E-state index is 0.458. The van der Waals surface area contributed by atoms with Crippen LogP contribution in [0.25, 0.3) is 0 Å². The molecule has 2 heterocycles. The monoisotopic (exact) mass is 234 g/mol. The third-order valence-electron chi connectivity index (χ3n) is 2.61. The average molecular weight is 234 g/mol. The summed E-state index contributed by atoms with van der Waals surface area (Å²) in [7, 11) is 0. The maximum Gasteiger partial charge on any atom is 0.214 e. The molecule has 0 saturated heterocycles. The zero-order valence-corrected chi connectivity index (χ0v) is 9.70. The molecular weight excluding hydrogens is 219 g/mol. The average Bonchev–Trinajstić information content (AvgIpc) is 2.71.